The third-order valence-electron chi connectivity index (χ3n) is 16.0. The molecule has 0 heterocycles. The van der Waals surface area contributed by atoms with Gasteiger partial charge in [-0.05, 0) is 89.9 Å². The third kappa shape index (κ3) is 67.8. The minimum atomic E-state index is -0.781. The Bertz CT molecular complexity index is 1440. The summed E-state index contributed by atoms with van der Waals surface area (Å²) in [7, 11) is 0. The summed E-state index contributed by atoms with van der Waals surface area (Å²) in [5, 5.41) is 0. The predicted molar refractivity (Wildman–Crippen MR) is 353 cm³/mol. The van der Waals surface area contributed by atoms with Crippen LogP contribution in [0, 0.1) is 0 Å². The molecule has 0 spiro atoms. The quantitative estimate of drug-likeness (QED) is 0.0261. The van der Waals surface area contributed by atoms with Gasteiger partial charge in [0.15, 0.2) is 6.10 Å². The summed E-state index contributed by atoms with van der Waals surface area (Å²) < 4.78 is 17.0. The van der Waals surface area contributed by atoms with Crippen molar-refractivity contribution in [3.63, 3.8) is 0 Å². The van der Waals surface area contributed by atoms with Crippen LogP contribution in [-0.2, 0) is 28.6 Å². The van der Waals surface area contributed by atoms with Crippen LogP contribution in [0.4, 0.5) is 0 Å². The lowest BCUT2D eigenvalue weighted by Gasteiger charge is -2.18. The van der Waals surface area contributed by atoms with Gasteiger partial charge in [-0.25, -0.2) is 0 Å². The topological polar surface area (TPSA) is 78.9 Å². The number of carbonyl (C=O) groups excluding carboxylic acids is 3. The zero-order chi connectivity index (χ0) is 58.5. The molecule has 0 saturated heterocycles. The van der Waals surface area contributed by atoms with Gasteiger partial charge in [0.2, 0.25) is 0 Å². The van der Waals surface area contributed by atoms with E-state index in [-0.39, 0.29) is 31.1 Å². The molecule has 0 aromatic heterocycles. The SMILES string of the molecule is CCCCC/C=C\C/C=C\CCCCCCCC(=O)OCC(COC(=O)CCCCCCCCCCCCCC/C=C\C/C=C\C/C=C\CCCCCCC)OC(=O)CCCCCCCCCCCCCCCCCCCCCCC. The van der Waals surface area contributed by atoms with Crippen LogP contribution in [0.2, 0.25) is 0 Å². The second-order valence-electron chi connectivity index (χ2n) is 24.1. The molecule has 0 aromatic rings. The summed E-state index contributed by atoms with van der Waals surface area (Å²) in [4.78, 5) is 38.5. The summed E-state index contributed by atoms with van der Waals surface area (Å²) in [5.41, 5.74) is 0. The van der Waals surface area contributed by atoms with Gasteiger partial charge in [-0.15, -0.1) is 0 Å². The molecule has 0 amide bonds. The number of ether oxygens (including phenoxy) is 3. The van der Waals surface area contributed by atoms with Gasteiger partial charge in [-0.3, -0.25) is 14.4 Å². The van der Waals surface area contributed by atoms with Crippen molar-refractivity contribution in [3.8, 4) is 0 Å². The van der Waals surface area contributed by atoms with Crippen molar-refractivity contribution in [2.24, 2.45) is 0 Å². The minimum Gasteiger partial charge on any atom is -0.462 e. The maximum Gasteiger partial charge on any atom is 0.306 e. The van der Waals surface area contributed by atoms with Crippen LogP contribution in [-0.4, -0.2) is 37.2 Å². The van der Waals surface area contributed by atoms with Crippen molar-refractivity contribution in [2.75, 3.05) is 13.2 Å². The first-order valence-electron chi connectivity index (χ1n) is 35.8. The van der Waals surface area contributed by atoms with E-state index in [1.807, 2.05) is 0 Å². The van der Waals surface area contributed by atoms with E-state index >= 15 is 0 Å². The van der Waals surface area contributed by atoms with Crippen LogP contribution in [0.3, 0.4) is 0 Å². The van der Waals surface area contributed by atoms with Gasteiger partial charge in [-0.2, -0.15) is 0 Å². The van der Waals surface area contributed by atoms with Crippen LogP contribution < -0.4 is 0 Å². The molecule has 1 atom stereocenters. The standard InChI is InChI=1S/C75H136O6/c1-4-7-10-13-16-19-22-25-28-30-32-34-35-36-37-38-39-41-42-44-47-50-53-56-59-62-65-68-74(77)80-71-72(70-79-73(76)67-64-61-58-55-52-49-46-27-24-21-18-15-12-9-6-3)81-75(78)69-66-63-60-57-54-51-48-45-43-40-33-31-29-26-23-20-17-14-11-8-5-2/h18,21-22,25,27,30,32,35-36,46,72H,4-17,19-20,23-24,26,28-29,31,33-34,37-45,47-71H2,1-3H3/b21-18-,25-22-,32-30-,36-35-,46-27-. The maximum absolute atomic E-state index is 13.0. The summed E-state index contributed by atoms with van der Waals surface area (Å²) >= 11 is 0. The molecule has 0 aliphatic heterocycles. The molecule has 6 heteroatoms. The van der Waals surface area contributed by atoms with Crippen LogP contribution in [0.25, 0.3) is 0 Å². The lowest BCUT2D eigenvalue weighted by molar-refractivity contribution is -0.167. The second-order valence-corrected chi connectivity index (χ2v) is 24.1. The van der Waals surface area contributed by atoms with E-state index in [2.05, 4.69) is 81.5 Å². The first-order chi connectivity index (χ1) is 40.0. The molecular formula is C75H136O6. The Balaban J connectivity index is 4.29. The molecular weight excluding hydrogens is 997 g/mol. The van der Waals surface area contributed by atoms with E-state index < -0.39 is 6.10 Å². The second kappa shape index (κ2) is 69.6. The smallest absolute Gasteiger partial charge is 0.306 e. The number of carbonyl (C=O) groups is 3. The fraction of sp³-hybridized carbons (Fsp3) is 0.827. The molecule has 1 unspecified atom stereocenters. The van der Waals surface area contributed by atoms with Crippen molar-refractivity contribution >= 4 is 17.9 Å². The van der Waals surface area contributed by atoms with Crippen molar-refractivity contribution in [1.29, 1.82) is 0 Å². The van der Waals surface area contributed by atoms with Crippen LogP contribution in [0.1, 0.15) is 380 Å². The fourth-order valence-corrected chi connectivity index (χ4v) is 10.6. The summed E-state index contributed by atoms with van der Waals surface area (Å²) in [6.45, 7) is 6.65. The molecule has 0 bridgehead atoms. The van der Waals surface area contributed by atoms with E-state index in [0.717, 1.165) is 89.9 Å². The summed E-state index contributed by atoms with van der Waals surface area (Å²) in [6.07, 6.45) is 89.6. The highest BCUT2D eigenvalue weighted by Gasteiger charge is 2.19. The number of hydrogen-bond acceptors (Lipinski definition) is 6. The Morgan fingerprint density at radius 2 is 0.444 bits per heavy atom. The largest absolute Gasteiger partial charge is 0.462 e. The fourth-order valence-electron chi connectivity index (χ4n) is 10.6. The monoisotopic (exact) mass is 1130 g/mol. The van der Waals surface area contributed by atoms with Gasteiger partial charge < -0.3 is 14.2 Å². The third-order valence-corrected chi connectivity index (χ3v) is 16.0. The van der Waals surface area contributed by atoms with E-state index in [0.29, 0.717) is 19.3 Å². The minimum absolute atomic E-state index is 0.0758. The molecule has 6 nitrogen and oxygen atoms in total. The van der Waals surface area contributed by atoms with Crippen molar-refractivity contribution < 1.29 is 28.6 Å². The molecule has 0 radical (unpaired) electrons. The molecule has 0 aliphatic carbocycles. The number of rotatable bonds is 66. The van der Waals surface area contributed by atoms with Crippen molar-refractivity contribution in [3.05, 3.63) is 60.8 Å². The highest BCUT2D eigenvalue weighted by Crippen LogP contribution is 2.18. The number of esters is 3. The zero-order valence-electron chi connectivity index (χ0n) is 54.3. The van der Waals surface area contributed by atoms with E-state index in [4.69, 9.17) is 14.2 Å². The normalized spacial score (nSPS) is 12.4. The van der Waals surface area contributed by atoms with E-state index in [1.54, 1.807) is 0 Å². The van der Waals surface area contributed by atoms with Gasteiger partial charge >= 0.3 is 17.9 Å². The van der Waals surface area contributed by atoms with Crippen LogP contribution in [0.15, 0.2) is 60.8 Å². The summed E-state index contributed by atoms with van der Waals surface area (Å²) in [5.74, 6) is -0.867. The van der Waals surface area contributed by atoms with Gasteiger partial charge in [0.1, 0.15) is 13.2 Å². The Hall–Kier alpha value is -2.89. The first-order valence-corrected chi connectivity index (χ1v) is 35.8. The zero-order valence-corrected chi connectivity index (χ0v) is 54.3. The van der Waals surface area contributed by atoms with Crippen molar-refractivity contribution in [2.45, 2.75) is 386 Å². The Kier molecular flexibility index (Phi) is 67.1. The lowest BCUT2D eigenvalue weighted by Crippen LogP contribution is -2.30. The average Bonchev–Trinajstić information content (AvgIpc) is 3.47. The predicted octanol–water partition coefficient (Wildman–Crippen LogP) is 24.7. The molecule has 0 fully saturated rings. The molecule has 0 saturated carbocycles. The molecule has 81 heavy (non-hydrogen) atoms. The first kappa shape index (κ1) is 78.1. The maximum atomic E-state index is 13.0. The number of unbranched alkanes of at least 4 members (excludes halogenated alkanes) is 45. The molecule has 0 aromatic carbocycles. The molecule has 0 rings (SSSR count). The van der Waals surface area contributed by atoms with Gasteiger partial charge in [0, 0.05) is 19.3 Å². The Morgan fingerprint density at radius 3 is 0.716 bits per heavy atom. The van der Waals surface area contributed by atoms with E-state index in [1.165, 1.54) is 250 Å². The lowest BCUT2D eigenvalue weighted by atomic mass is 10.0. The number of hydrogen-bond donors (Lipinski definition) is 0. The Morgan fingerprint density at radius 1 is 0.247 bits per heavy atom. The van der Waals surface area contributed by atoms with Gasteiger partial charge in [-0.1, -0.05) is 332 Å². The van der Waals surface area contributed by atoms with Gasteiger partial charge in [0.05, 0.1) is 0 Å². The van der Waals surface area contributed by atoms with Crippen LogP contribution in [0.5, 0.6) is 0 Å². The summed E-state index contributed by atoms with van der Waals surface area (Å²) in [6, 6.07) is 0. The van der Waals surface area contributed by atoms with Crippen LogP contribution >= 0.6 is 0 Å². The molecule has 0 N–H and O–H groups in total. The highest BCUT2D eigenvalue weighted by atomic mass is 16.6. The molecule has 0 aliphatic rings. The molecule has 472 valence electrons. The van der Waals surface area contributed by atoms with Crippen molar-refractivity contribution in [1.82, 2.24) is 0 Å². The highest BCUT2D eigenvalue weighted by molar-refractivity contribution is 5.71. The van der Waals surface area contributed by atoms with E-state index in [9.17, 15) is 14.4 Å². The Labute approximate surface area is 504 Å². The number of allylic oxidation sites excluding steroid dienone is 10. The van der Waals surface area contributed by atoms with Gasteiger partial charge in [0.25, 0.3) is 0 Å². The average molecular weight is 1130 g/mol.